The summed E-state index contributed by atoms with van der Waals surface area (Å²) < 4.78 is 31.2. The first-order chi connectivity index (χ1) is 13.4. The number of rotatable bonds is 6. The van der Waals surface area contributed by atoms with E-state index >= 15 is 0 Å². The summed E-state index contributed by atoms with van der Waals surface area (Å²) in [7, 11) is -3.28. The van der Waals surface area contributed by atoms with Crippen LogP contribution >= 0.6 is 0 Å². The van der Waals surface area contributed by atoms with Crippen molar-refractivity contribution in [1.82, 2.24) is 10.6 Å². The molecule has 0 radical (unpaired) electrons. The summed E-state index contributed by atoms with van der Waals surface area (Å²) in [5.41, 5.74) is 3.39. The van der Waals surface area contributed by atoms with Gasteiger partial charge in [0, 0.05) is 42.7 Å². The standard InChI is InChI=1S/C20H23N3O4S.CH4/c1-28(25,26)23-16-5-2-13(3-6-16)19-11-21-9-15(19)12-27-17-7-4-14-10-22-20(24)18(14)8-17;/h2-8,15,19,21,23H,9-12H2,1H3,(H,22,24);1H4/t15-,19-;/m0./s1. The van der Waals surface area contributed by atoms with Crippen LogP contribution in [0.3, 0.4) is 0 Å². The molecule has 1 fully saturated rings. The number of carbonyl (C=O) groups excluding carboxylic acids is 1. The minimum atomic E-state index is -3.28. The van der Waals surface area contributed by atoms with Crippen LogP contribution in [0, 0.1) is 5.92 Å². The van der Waals surface area contributed by atoms with E-state index in [4.69, 9.17) is 4.74 Å². The van der Waals surface area contributed by atoms with Gasteiger partial charge < -0.3 is 15.4 Å². The van der Waals surface area contributed by atoms with Crippen LogP contribution in [0.1, 0.15) is 34.8 Å². The quantitative estimate of drug-likeness (QED) is 0.670. The smallest absolute Gasteiger partial charge is 0.252 e. The average molecular weight is 418 g/mol. The maximum absolute atomic E-state index is 11.8. The average Bonchev–Trinajstić information content (AvgIpc) is 3.26. The third kappa shape index (κ3) is 4.89. The zero-order valence-corrected chi connectivity index (χ0v) is 16.4. The fraction of sp³-hybridized carbons (Fsp3) is 0.381. The highest BCUT2D eigenvalue weighted by Gasteiger charge is 2.29. The van der Waals surface area contributed by atoms with Gasteiger partial charge in [-0.15, -0.1) is 0 Å². The maximum Gasteiger partial charge on any atom is 0.252 e. The van der Waals surface area contributed by atoms with Crippen LogP contribution in [0.2, 0.25) is 0 Å². The fourth-order valence-electron chi connectivity index (χ4n) is 3.80. The molecule has 2 aliphatic heterocycles. The number of ether oxygens (including phenoxy) is 1. The molecule has 3 N–H and O–H groups in total. The molecule has 0 saturated carbocycles. The van der Waals surface area contributed by atoms with Gasteiger partial charge >= 0.3 is 0 Å². The van der Waals surface area contributed by atoms with E-state index in [1.54, 1.807) is 18.2 Å². The molecule has 156 valence electrons. The van der Waals surface area contributed by atoms with E-state index in [0.717, 1.165) is 30.5 Å². The van der Waals surface area contributed by atoms with Crippen LogP contribution < -0.4 is 20.1 Å². The third-order valence-electron chi connectivity index (χ3n) is 5.21. The molecule has 0 bridgehead atoms. The summed E-state index contributed by atoms with van der Waals surface area (Å²) in [5.74, 6) is 1.22. The number of fused-ring (bicyclic) bond motifs is 1. The molecule has 2 aromatic carbocycles. The molecule has 1 amide bonds. The van der Waals surface area contributed by atoms with E-state index in [1.807, 2.05) is 24.3 Å². The summed E-state index contributed by atoms with van der Waals surface area (Å²) in [4.78, 5) is 11.8. The van der Waals surface area contributed by atoms with Gasteiger partial charge in [0.1, 0.15) is 5.75 Å². The van der Waals surface area contributed by atoms with Crippen molar-refractivity contribution in [3.8, 4) is 5.75 Å². The normalized spacial score (nSPS) is 20.5. The van der Waals surface area contributed by atoms with Crippen molar-refractivity contribution in [3.05, 3.63) is 59.2 Å². The van der Waals surface area contributed by atoms with Crippen LogP contribution in [-0.2, 0) is 16.6 Å². The maximum atomic E-state index is 11.8. The Labute approximate surface area is 171 Å². The third-order valence-corrected chi connectivity index (χ3v) is 5.82. The van der Waals surface area contributed by atoms with Crippen LogP contribution in [0.25, 0.3) is 0 Å². The number of anilines is 1. The van der Waals surface area contributed by atoms with E-state index in [-0.39, 0.29) is 25.2 Å². The lowest BCUT2D eigenvalue weighted by Gasteiger charge is -2.20. The Morgan fingerprint density at radius 1 is 1.14 bits per heavy atom. The molecular formula is C21H27N3O4S. The summed E-state index contributed by atoms with van der Waals surface area (Å²) in [6.07, 6.45) is 1.14. The summed E-state index contributed by atoms with van der Waals surface area (Å²) >= 11 is 0. The van der Waals surface area contributed by atoms with E-state index in [0.29, 0.717) is 30.2 Å². The minimum Gasteiger partial charge on any atom is -0.493 e. The molecule has 4 rings (SSSR count). The predicted octanol–water partition coefficient (Wildman–Crippen LogP) is 2.32. The topological polar surface area (TPSA) is 96.5 Å². The van der Waals surface area contributed by atoms with Crippen molar-refractivity contribution in [2.75, 3.05) is 30.7 Å². The van der Waals surface area contributed by atoms with Crippen LogP contribution in [0.15, 0.2) is 42.5 Å². The monoisotopic (exact) mass is 417 g/mol. The van der Waals surface area contributed by atoms with Gasteiger partial charge in [-0.25, -0.2) is 8.42 Å². The SMILES string of the molecule is C.CS(=O)(=O)Nc1ccc([C@@H]2CNC[C@H]2COc2ccc3c(c2)C(=O)NC3)cc1. The van der Waals surface area contributed by atoms with Crippen molar-refractivity contribution in [2.45, 2.75) is 19.9 Å². The van der Waals surface area contributed by atoms with E-state index in [1.165, 1.54) is 0 Å². The molecule has 0 spiro atoms. The van der Waals surface area contributed by atoms with Crippen LogP contribution in [0.4, 0.5) is 5.69 Å². The van der Waals surface area contributed by atoms with Gasteiger partial charge in [0.2, 0.25) is 10.0 Å². The molecule has 0 unspecified atom stereocenters. The number of amides is 1. The van der Waals surface area contributed by atoms with Crippen LogP contribution in [0.5, 0.6) is 5.75 Å². The molecule has 7 nitrogen and oxygen atoms in total. The molecule has 2 aromatic rings. The lowest BCUT2D eigenvalue weighted by Crippen LogP contribution is -2.19. The molecule has 1 saturated heterocycles. The first-order valence-corrected chi connectivity index (χ1v) is 11.1. The number of hydrogen-bond donors (Lipinski definition) is 3. The molecule has 0 aromatic heterocycles. The van der Waals surface area contributed by atoms with Gasteiger partial charge in [0.15, 0.2) is 0 Å². The minimum absolute atomic E-state index is 0. The van der Waals surface area contributed by atoms with Crippen molar-refractivity contribution in [2.24, 2.45) is 5.92 Å². The highest BCUT2D eigenvalue weighted by atomic mass is 32.2. The first-order valence-electron chi connectivity index (χ1n) is 9.21. The van der Waals surface area contributed by atoms with Crippen molar-refractivity contribution in [1.29, 1.82) is 0 Å². The number of carbonyl (C=O) groups is 1. The van der Waals surface area contributed by atoms with E-state index in [9.17, 15) is 13.2 Å². The first kappa shape index (κ1) is 21.1. The molecule has 0 aliphatic carbocycles. The van der Waals surface area contributed by atoms with Gasteiger partial charge in [0.05, 0.1) is 12.9 Å². The number of hydrogen-bond acceptors (Lipinski definition) is 5. The van der Waals surface area contributed by atoms with Crippen molar-refractivity contribution >= 4 is 21.6 Å². The Balaban J connectivity index is 0.00000240. The lowest BCUT2D eigenvalue weighted by atomic mass is 9.89. The Kier molecular flexibility index (Phi) is 6.14. The Hall–Kier alpha value is -2.58. The Morgan fingerprint density at radius 2 is 1.90 bits per heavy atom. The fourth-order valence-corrected chi connectivity index (χ4v) is 4.36. The summed E-state index contributed by atoms with van der Waals surface area (Å²) in [5, 5.41) is 6.21. The second kappa shape index (κ2) is 8.42. The second-order valence-corrected chi connectivity index (χ2v) is 9.08. The lowest BCUT2D eigenvalue weighted by molar-refractivity contribution is 0.0965. The van der Waals surface area contributed by atoms with Gasteiger partial charge in [-0.3, -0.25) is 9.52 Å². The molecule has 8 heteroatoms. The largest absolute Gasteiger partial charge is 0.493 e. The van der Waals surface area contributed by atoms with Gasteiger partial charge in [0.25, 0.3) is 5.91 Å². The molecule has 2 heterocycles. The van der Waals surface area contributed by atoms with Gasteiger partial charge in [-0.1, -0.05) is 25.6 Å². The summed E-state index contributed by atoms with van der Waals surface area (Å²) in [6, 6.07) is 13.1. The van der Waals surface area contributed by atoms with E-state index < -0.39 is 10.0 Å². The molecule has 29 heavy (non-hydrogen) atoms. The predicted molar refractivity (Wildman–Crippen MR) is 114 cm³/mol. The second-order valence-electron chi connectivity index (χ2n) is 7.33. The zero-order chi connectivity index (χ0) is 19.7. The van der Waals surface area contributed by atoms with Crippen molar-refractivity contribution < 1.29 is 17.9 Å². The Morgan fingerprint density at radius 3 is 2.62 bits per heavy atom. The highest BCUT2D eigenvalue weighted by Crippen LogP contribution is 2.30. The van der Waals surface area contributed by atoms with Gasteiger partial charge in [-0.05, 0) is 35.4 Å². The molecular weight excluding hydrogens is 390 g/mol. The molecule has 2 atom stereocenters. The van der Waals surface area contributed by atoms with Gasteiger partial charge in [-0.2, -0.15) is 0 Å². The molecule has 2 aliphatic rings. The zero-order valence-electron chi connectivity index (χ0n) is 15.6. The number of nitrogens with one attached hydrogen (secondary N) is 3. The number of sulfonamides is 1. The number of benzene rings is 2. The van der Waals surface area contributed by atoms with Crippen molar-refractivity contribution in [3.63, 3.8) is 0 Å². The van der Waals surface area contributed by atoms with Crippen LogP contribution in [-0.4, -0.2) is 40.3 Å². The summed E-state index contributed by atoms with van der Waals surface area (Å²) in [6.45, 7) is 2.81. The van der Waals surface area contributed by atoms with E-state index in [2.05, 4.69) is 15.4 Å². The highest BCUT2D eigenvalue weighted by molar-refractivity contribution is 7.92. The Bertz CT molecular complexity index is 989.